The molecule has 30 heavy (non-hydrogen) atoms. The topological polar surface area (TPSA) is 56.8 Å². The molecule has 0 aromatic heterocycles. The van der Waals surface area contributed by atoms with Gasteiger partial charge in [-0.15, -0.1) is 0 Å². The number of carbonyl (C=O) groups excluding carboxylic acids is 1. The van der Waals surface area contributed by atoms with Crippen LogP contribution in [0.1, 0.15) is 15.9 Å². The van der Waals surface area contributed by atoms with E-state index in [1.165, 1.54) is 5.56 Å². The molecule has 0 saturated heterocycles. The summed E-state index contributed by atoms with van der Waals surface area (Å²) < 4.78 is 17.1. The van der Waals surface area contributed by atoms with E-state index in [1.54, 1.807) is 37.4 Å². The molecule has 0 atom stereocenters. The Morgan fingerprint density at radius 2 is 1.67 bits per heavy atom. The zero-order chi connectivity index (χ0) is 21.2. The van der Waals surface area contributed by atoms with Crippen molar-refractivity contribution in [1.29, 1.82) is 0 Å². The standard InChI is InChI=1S/C24H24BrNO4/c1-28-15-16-29-21-10-8-20(9-11-21)26-24(27)19-7-12-23(22(25)17-19)30-14-13-18-5-3-2-4-6-18/h2-12,17H,13-16H2,1H3,(H,26,27). The summed E-state index contributed by atoms with van der Waals surface area (Å²) in [4.78, 5) is 12.6. The lowest BCUT2D eigenvalue weighted by Crippen LogP contribution is -2.12. The number of ether oxygens (including phenoxy) is 3. The first-order valence-electron chi connectivity index (χ1n) is 9.65. The monoisotopic (exact) mass is 469 g/mol. The second kappa shape index (κ2) is 11.4. The maximum atomic E-state index is 12.6. The fourth-order valence-corrected chi connectivity index (χ4v) is 3.26. The molecule has 1 amide bonds. The highest BCUT2D eigenvalue weighted by atomic mass is 79.9. The Balaban J connectivity index is 1.53. The van der Waals surface area contributed by atoms with E-state index < -0.39 is 0 Å². The molecule has 0 heterocycles. The number of methoxy groups -OCH3 is 1. The minimum atomic E-state index is -0.195. The van der Waals surface area contributed by atoms with Crippen molar-refractivity contribution in [2.45, 2.75) is 6.42 Å². The van der Waals surface area contributed by atoms with Crippen molar-refractivity contribution < 1.29 is 19.0 Å². The van der Waals surface area contributed by atoms with E-state index in [0.29, 0.717) is 36.8 Å². The Bertz CT molecular complexity index is 945. The summed E-state index contributed by atoms with van der Waals surface area (Å²) in [6.45, 7) is 1.57. The Kier molecular flexibility index (Phi) is 8.30. The van der Waals surface area contributed by atoms with Gasteiger partial charge in [-0.3, -0.25) is 4.79 Å². The number of carbonyl (C=O) groups is 1. The summed E-state index contributed by atoms with van der Waals surface area (Å²) in [5.41, 5.74) is 2.45. The molecular formula is C24H24BrNO4. The lowest BCUT2D eigenvalue weighted by atomic mass is 10.1. The van der Waals surface area contributed by atoms with E-state index in [0.717, 1.165) is 16.6 Å². The van der Waals surface area contributed by atoms with Gasteiger partial charge >= 0.3 is 0 Å². The minimum absolute atomic E-state index is 0.195. The lowest BCUT2D eigenvalue weighted by molar-refractivity contribution is 0.102. The third-order valence-electron chi connectivity index (χ3n) is 4.35. The molecule has 0 aliphatic heterocycles. The first-order valence-corrected chi connectivity index (χ1v) is 10.4. The summed E-state index contributed by atoms with van der Waals surface area (Å²) in [6, 6.07) is 22.7. The number of hydrogen-bond donors (Lipinski definition) is 1. The van der Waals surface area contributed by atoms with E-state index >= 15 is 0 Å². The van der Waals surface area contributed by atoms with Gasteiger partial charge in [0, 0.05) is 24.8 Å². The average molecular weight is 470 g/mol. The molecule has 0 aliphatic carbocycles. The van der Waals surface area contributed by atoms with Gasteiger partial charge < -0.3 is 19.5 Å². The molecule has 0 saturated carbocycles. The molecule has 3 rings (SSSR count). The van der Waals surface area contributed by atoms with Crippen LogP contribution in [-0.2, 0) is 11.2 Å². The smallest absolute Gasteiger partial charge is 0.255 e. The van der Waals surface area contributed by atoms with Gasteiger partial charge in [-0.05, 0) is 64.0 Å². The highest BCUT2D eigenvalue weighted by Gasteiger charge is 2.10. The number of rotatable bonds is 10. The lowest BCUT2D eigenvalue weighted by Gasteiger charge is -2.11. The van der Waals surface area contributed by atoms with Gasteiger partial charge in [0.05, 0.1) is 17.7 Å². The molecule has 156 valence electrons. The minimum Gasteiger partial charge on any atom is -0.492 e. The van der Waals surface area contributed by atoms with Crippen LogP contribution in [0.25, 0.3) is 0 Å². The molecule has 0 radical (unpaired) electrons. The van der Waals surface area contributed by atoms with Crippen LogP contribution >= 0.6 is 15.9 Å². The Hall–Kier alpha value is -2.83. The van der Waals surface area contributed by atoms with Crippen molar-refractivity contribution >= 4 is 27.5 Å². The van der Waals surface area contributed by atoms with Crippen molar-refractivity contribution in [3.63, 3.8) is 0 Å². The summed E-state index contributed by atoms with van der Waals surface area (Å²) in [7, 11) is 1.63. The van der Waals surface area contributed by atoms with Crippen LogP contribution in [-0.4, -0.2) is 32.8 Å². The second-order valence-electron chi connectivity index (χ2n) is 6.55. The SMILES string of the molecule is COCCOc1ccc(NC(=O)c2ccc(OCCc3ccccc3)c(Br)c2)cc1. The van der Waals surface area contributed by atoms with Crippen LogP contribution in [0.5, 0.6) is 11.5 Å². The van der Waals surface area contributed by atoms with E-state index in [9.17, 15) is 4.79 Å². The fourth-order valence-electron chi connectivity index (χ4n) is 2.76. The Morgan fingerprint density at radius 1 is 0.900 bits per heavy atom. The molecule has 5 nitrogen and oxygen atoms in total. The van der Waals surface area contributed by atoms with Crippen LogP contribution in [0, 0.1) is 0 Å². The molecule has 0 spiro atoms. The molecular weight excluding hydrogens is 446 g/mol. The molecule has 3 aromatic rings. The summed E-state index contributed by atoms with van der Waals surface area (Å²) in [5.74, 6) is 1.24. The first kappa shape index (κ1) is 21.9. The Morgan fingerprint density at radius 3 is 2.37 bits per heavy atom. The van der Waals surface area contributed by atoms with E-state index in [4.69, 9.17) is 14.2 Å². The van der Waals surface area contributed by atoms with Crippen LogP contribution in [0.15, 0.2) is 77.3 Å². The number of halogens is 1. The Labute approximate surface area is 185 Å². The molecule has 6 heteroatoms. The molecule has 0 fully saturated rings. The third-order valence-corrected chi connectivity index (χ3v) is 4.97. The van der Waals surface area contributed by atoms with Crippen LogP contribution in [0.3, 0.4) is 0 Å². The predicted molar refractivity (Wildman–Crippen MR) is 122 cm³/mol. The molecule has 0 bridgehead atoms. The molecule has 0 aliphatic rings. The van der Waals surface area contributed by atoms with Crippen LogP contribution < -0.4 is 14.8 Å². The summed E-state index contributed by atoms with van der Waals surface area (Å²) >= 11 is 3.50. The molecule has 3 aromatic carbocycles. The highest BCUT2D eigenvalue weighted by molar-refractivity contribution is 9.10. The van der Waals surface area contributed by atoms with Gasteiger partial charge in [0.25, 0.3) is 5.91 Å². The second-order valence-corrected chi connectivity index (χ2v) is 7.40. The number of hydrogen-bond acceptors (Lipinski definition) is 4. The van der Waals surface area contributed by atoms with Crippen molar-refractivity contribution in [3.05, 3.63) is 88.4 Å². The highest BCUT2D eigenvalue weighted by Crippen LogP contribution is 2.27. The largest absolute Gasteiger partial charge is 0.492 e. The molecule has 1 N–H and O–H groups in total. The van der Waals surface area contributed by atoms with Gasteiger partial charge in [-0.1, -0.05) is 30.3 Å². The van der Waals surface area contributed by atoms with E-state index in [1.807, 2.05) is 30.3 Å². The van der Waals surface area contributed by atoms with Gasteiger partial charge in [0.1, 0.15) is 18.1 Å². The van der Waals surface area contributed by atoms with E-state index in [-0.39, 0.29) is 5.91 Å². The number of nitrogens with one attached hydrogen (secondary N) is 1. The molecule has 0 unspecified atom stereocenters. The zero-order valence-electron chi connectivity index (χ0n) is 16.8. The zero-order valence-corrected chi connectivity index (χ0v) is 18.4. The normalized spacial score (nSPS) is 10.5. The maximum absolute atomic E-state index is 12.6. The van der Waals surface area contributed by atoms with Gasteiger partial charge in [-0.25, -0.2) is 0 Å². The quantitative estimate of drug-likeness (QED) is 0.406. The first-order chi connectivity index (χ1) is 14.7. The van der Waals surface area contributed by atoms with Crippen molar-refractivity contribution in [2.24, 2.45) is 0 Å². The summed E-state index contributed by atoms with van der Waals surface area (Å²) in [5, 5.41) is 2.88. The van der Waals surface area contributed by atoms with Crippen molar-refractivity contribution in [1.82, 2.24) is 0 Å². The van der Waals surface area contributed by atoms with Crippen LogP contribution in [0.2, 0.25) is 0 Å². The van der Waals surface area contributed by atoms with Gasteiger partial charge in [0.15, 0.2) is 0 Å². The average Bonchev–Trinajstić information content (AvgIpc) is 2.77. The van der Waals surface area contributed by atoms with Crippen LogP contribution in [0.4, 0.5) is 5.69 Å². The van der Waals surface area contributed by atoms with Crippen molar-refractivity contribution in [2.75, 3.05) is 32.2 Å². The predicted octanol–water partition coefficient (Wildman–Crippen LogP) is 5.35. The van der Waals surface area contributed by atoms with Gasteiger partial charge in [0.2, 0.25) is 0 Å². The van der Waals surface area contributed by atoms with Crippen molar-refractivity contribution in [3.8, 4) is 11.5 Å². The third kappa shape index (κ3) is 6.61. The van der Waals surface area contributed by atoms with Gasteiger partial charge in [-0.2, -0.15) is 0 Å². The summed E-state index contributed by atoms with van der Waals surface area (Å²) in [6.07, 6.45) is 0.820. The number of amides is 1. The fraction of sp³-hybridized carbons (Fsp3) is 0.208. The van der Waals surface area contributed by atoms with E-state index in [2.05, 4.69) is 33.4 Å². The number of benzene rings is 3. The number of anilines is 1. The maximum Gasteiger partial charge on any atom is 0.255 e.